The average Bonchev–Trinajstić information content (AvgIpc) is 2.20. The van der Waals surface area contributed by atoms with E-state index in [0.29, 0.717) is 12.3 Å². The number of rotatable bonds is 3. The zero-order chi connectivity index (χ0) is 11.4. The summed E-state index contributed by atoms with van der Waals surface area (Å²) in [5.74, 6) is -0.250. The molecule has 0 aliphatic heterocycles. The van der Waals surface area contributed by atoms with Crippen molar-refractivity contribution in [1.29, 1.82) is 0 Å². The van der Waals surface area contributed by atoms with Gasteiger partial charge in [0.2, 0.25) is 0 Å². The molecule has 82 valence electrons. The molecule has 2 N–H and O–H groups in total. The summed E-state index contributed by atoms with van der Waals surface area (Å²) in [5.41, 5.74) is 8.34. The number of anilines is 1. The third kappa shape index (κ3) is 2.96. The largest absolute Gasteiger partial charge is 0.466 e. The molecule has 0 unspecified atom stereocenters. The van der Waals surface area contributed by atoms with Crippen molar-refractivity contribution in [2.75, 3.05) is 12.3 Å². The second-order valence-corrected chi connectivity index (χ2v) is 4.04. The van der Waals surface area contributed by atoms with E-state index >= 15 is 0 Å². The Morgan fingerprint density at radius 2 is 2.20 bits per heavy atom. The summed E-state index contributed by atoms with van der Waals surface area (Å²) in [6.45, 7) is 4.13. The number of ether oxygens (including phenoxy) is 1. The van der Waals surface area contributed by atoms with E-state index in [1.165, 1.54) is 0 Å². The molecule has 0 saturated heterocycles. The van der Waals surface area contributed by atoms with Gasteiger partial charge in [0.15, 0.2) is 0 Å². The van der Waals surface area contributed by atoms with Gasteiger partial charge in [-0.3, -0.25) is 4.79 Å². The molecular weight excluding hydrogens is 258 g/mol. The molecular formula is C11H14BrNO2. The Labute approximate surface area is 97.7 Å². The summed E-state index contributed by atoms with van der Waals surface area (Å²) in [5, 5.41) is 0. The summed E-state index contributed by atoms with van der Waals surface area (Å²) >= 11 is 3.38. The number of halogens is 1. The van der Waals surface area contributed by atoms with Crippen LogP contribution in [0.4, 0.5) is 5.69 Å². The highest BCUT2D eigenvalue weighted by molar-refractivity contribution is 9.10. The minimum atomic E-state index is -0.250. The van der Waals surface area contributed by atoms with Crippen molar-refractivity contribution in [3.8, 4) is 0 Å². The van der Waals surface area contributed by atoms with Gasteiger partial charge in [0.05, 0.1) is 13.0 Å². The standard InChI is InChI=1S/C11H14BrNO2/c1-3-15-9(14)6-8-5-4-7(2)10(12)11(8)13/h4-5H,3,6,13H2,1-2H3. The van der Waals surface area contributed by atoms with Crippen LogP contribution in [0.2, 0.25) is 0 Å². The normalized spacial score (nSPS) is 10.1. The first-order valence-electron chi connectivity index (χ1n) is 4.75. The van der Waals surface area contributed by atoms with Gasteiger partial charge in [-0.1, -0.05) is 12.1 Å². The fourth-order valence-corrected chi connectivity index (χ4v) is 1.65. The molecule has 3 nitrogen and oxygen atoms in total. The van der Waals surface area contributed by atoms with E-state index in [4.69, 9.17) is 10.5 Å². The molecule has 0 fully saturated rings. The van der Waals surface area contributed by atoms with Crippen LogP contribution in [-0.2, 0) is 16.0 Å². The van der Waals surface area contributed by atoms with E-state index in [1.54, 1.807) is 6.92 Å². The van der Waals surface area contributed by atoms with E-state index in [0.717, 1.165) is 15.6 Å². The summed E-state index contributed by atoms with van der Waals surface area (Å²) in [7, 11) is 0. The van der Waals surface area contributed by atoms with Gasteiger partial charge in [0.1, 0.15) is 0 Å². The van der Waals surface area contributed by atoms with Crippen LogP contribution in [0, 0.1) is 6.92 Å². The lowest BCUT2D eigenvalue weighted by Crippen LogP contribution is -2.09. The van der Waals surface area contributed by atoms with Gasteiger partial charge in [-0.15, -0.1) is 0 Å². The number of hydrogen-bond donors (Lipinski definition) is 1. The van der Waals surface area contributed by atoms with E-state index in [1.807, 2.05) is 19.1 Å². The predicted molar refractivity (Wildman–Crippen MR) is 63.6 cm³/mol. The van der Waals surface area contributed by atoms with Crippen LogP contribution >= 0.6 is 15.9 Å². The van der Waals surface area contributed by atoms with E-state index in [-0.39, 0.29) is 12.4 Å². The summed E-state index contributed by atoms with van der Waals surface area (Å²) < 4.78 is 5.71. The lowest BCUT2D eigenvalue weighted by molar-refractivity contribution is -0.142. The zero-order valence-electron chi connectivity index (χ0n) is 8.84. The molecule has 15 heavy (non-hydrogen) atoms. The molecule has 0 atom stereocenters. The zero-order valence-corrected chi connectivity index (χ0v) is 10.4. The molecule has 0 radical (unpaired) electrons. The fraction of sp³-hybridized carbons (Fsp3) is 0.364. The third-order valence-corrected chi connectivity index (χ3v) is 3.16. The SMILES string of the molecule is CCOC(=O)Cc1ccc(C)c(Br)c1N. The maximum absolute atomic E-state index is 11.3. The van der Waals surface area contributed by atoms with Crippen LogP contribution in [0.1, 0.15) is 18.1 Å². The van der Waals surface area contributed by atoms with Crippen molar-refractivity contribution < 1.29 is 9.53 Å². The number of carbonyl (C=O) groups is 1. The molecule has 0 amide bonds. The highest BCUT2D eigenvalue weighted by atomic mass is 79.9. The monoisotopic (exact) mass is 271 g/mol. The number of carbonyl (C=O) groups excluding carboxylic acids is 1. The number of benzene rings is 1. The summed E-state index contributed by atoms with van der Waals surface area (Å²) in [4.78, 5) is 11.3. The van der Waals surface area contributed by atoms with Crippen LogP contribution < -0.4 is 5.73 Å². The van der Waals surface area contributed by atoms with Gasteiger partial charge in [0.25, 0.3) is 0 Å². The highest BCUT2D eigenvalue weighted by Gasteiger charge is 2.10. The van der Waals surface area contributed by atoms with Crippen molar-refractivity contribution >= 4 is 27.6 Å². The third-order valence-electron chi connectivity index (χ3n) is 2.10. The van der Waals surface area contributed by atoms with Crippen molar-refractivity contribution in [2.24, 2.45) is 0 Å². The van der Waals surface area contributed by atoms with Gasteiger partial charge in [0, 0.05) is 10.2 Å². The Morgan fingerprint density at radius 1 is 1.53 bits per heavy atom. The van der Waals surface area contributed by atoms with E-state index < -0.39 is 0 Å². The second-order valence-electron chi connectivity index (χ2n) is 3.25. The number of aryl methyl sites for hydroxylation is 1. The van der Waals surface area contributed by atoms with Crippen LogP contribution in [0.5, 0.6) is 0 Å². The molecule has 0 aliphatic carbocycles. The Kier molecular flexibility index (Phi) is 4.15. The van der Waals surface area contributed by atoms with E-state index in [2.05, 4.69) is 15.9 Å². The Bertz CT molecular complexity index is 377. The van der Waals surface area contributed by atoms with E-state index in [9.17, 15) is 4.79 Å². The predicted octanol–water partition coefficient (Wildman–Crippen LogP) is 2.45. The smallest absolute Gasteiger partial charge is 0.310 e. The topological polar surface area (TPSA) is 52.3 Å². The van der Waals surface area contributed by atoms with Gasteiger partial charge < -0.3 is 10.5 Å². The molecule has 0 aromatic heterocycles. The van der Waals surface area contributed by atoms with Crippen molar-refractivity contribution in [3.63, 3.8) is 0 Å². The van der Waals surface area contributed by atoms with Crippen molar-refractivity contribution in [3.05, 3.63) is 27.7 Å². The van der Waals surface area contributed by atoms with Crippen molar-refractivity contribution in [2.45, 2.75) is 20.3 Å². The van der Waals surface area contributed by atoms with Gasteiger partial charge >= 0.3 is 5.97 Å². The lowest BCUT2D eigenvalue weighted by Gasteiger charge is -2.09. The van der Waals surface area contributed by atoms with Crippen LogP contribution in [0.25, 0.3) is 0 Å². The van der Waals surface area contributed by atoms with Crippen LogP contribution in [0.15, 0.2) is 16.6 Å². The number of nitrogen functional groups attached to an aromatic ring is 1. The molecule has 4 heteroatoms. The minimum Gasteiger partial charge on any atom is -0.466 e. The second kappa shape index (κ2) is 5.16. The Balaban J connectivity index is 2.87. The van der Waals surface area contributed by atoms with Crippen LogP contribution in [0.3, 0.4) is 0 Å². The van der Waals surface area contributed by atoms with Gasteiger partial charge in [-0.05, 0) is 40.9 Å². The first kappa shape index (κ1) is 12.0. The highest BCUT2D eigenvalue weighted by Crippen LogP contribution is 2.27. The maximum Gasteiger partial charge on any atom is 0.310 e. The first-order valence-corrected chi connectivity index (χ1v) is 5.54. The summed E-state index contributed by atoms with van der Waals surface area (Å²) in [6, 6.07) is 3.78. The lowest BCUT2D eigenvalue weighted by atomic mass is 10.1. The summed E-state index contributed by atoms with van der Waals surface area (Å²) in [6.07, 6.45) is 0.221. The quantitative estimate of drug-likeness (QED) is 0.679. The molecule has 1 aromatic rings. The Hall–Kier alpha value is -1.03. The van der Waals surface area contributed by atoms with Gasteiger partial charge in [-0.25, -0.2) is 0 Å². The Morgan fingerprint density at radius 3 is 2.80 bits per heavy atom. The molecule has 1 aromatic carbocycles. The number of hydrogen-bond acceptors (Lipinski definition) is 3. The molecule has 0 saturated carbocycles. The molecule has 0 aliphatic rings. The molecule has 0 spiro atoms. The fourth-order valence-electron chi connectivity index (χ4n) is 1.26. The number of nitrogens with two attached hydrogens (primary N) is 1. The van der Waals surface area contributed by atoms with Crippen molar-refractivity contribution in [1.82, 2.24) is 0 Å². The first-order chi connectivity index (χ1) is 7.06. The molecule has 0 bridgehead atoms. The van der Waals surface area contributed by atoms with Gasteiger partial charge in [-0.2, -0.15) is 0 Å². The molecule has 0 heterocycles. The minimum absolute atomic E-state index is 0.221. The number of esters is 1. The van der Waals surface area contributed by atoms with Crippen LogP contribution in [-0.4, -0.2) is 12.6 Å². The maximum atomic E-state index is 11.3. The average molecular weight is 272 g/mol. The molecule has 1 rings (SSSR count).